The van der Waals surface area contributed by atoms with Gasteiger partial charge in [-0.25, -0.2) is 4.98 Å². The highest BCUT2D eigenvalue weighted by Gasteiger charge is 2.33. The van der Waals surface area contributed by atoms with Gasteiger partial charge in [-0.2, -0.15) is 13.2 Å². The number of thiazole rings is 1. The van der Waals surface area contributed by atoms with E-state index < -0.39 is 11.7 Å². The molecule has 4 nitrogen and oxygen atoms in total. The summed E-state index contributed by atoms with van der Waals surface area (Å²) in [4.78, 5) is 8.55. The van der Waals surface area contributed by atoms with E-state index >= 15 is 0 Å². The van der Waals surface area contributed by atoms with Crippen LogP contribution < -0.4 is 10.6 Å². The highest BCUT2D eigenvalue weighted by molar-refractivity contribution is 7.80. The number of thiocarbonyl (C=S) groups is 1. The molecule has 0 amide bonds. The molecule has 1 aromatic carbocycles. The van der Waals surface area contributed by atoms with Crippen molar-refractivity contribution in [1.82, 2.24) is 9.97 Å². The molecule has 0 aliphatic rings. The topological polar surface area (TPSA) is 49.8 Å². The van der Waals surface area contributed by atoms with Crippen molar-refractivity contribution in [2.75, 3.05) is 10.6 Å². The van der Waals surface area contributed by atoms with Gasteiger partial charge in [-0.3, -0.25) is 4.98 Å². The first-order valence-corrected chi connectivity index (χ1v) is 8.81. The lowest BCUT2D eigenvalue weighted by molar-refractivity contribution is -0.137. The number of hydrogen-bond acceptors (Lipinski definition) is 4. The molecule has 2 N–H and O–H groups in total. The molecule has 3 aromatic rings. The van der Waals surface area contributed by atoms with Crippen LogP contribution in [0.15, 0.2) is 48.0 Å². The van der Waals surface area contributed by atoms with Crippen LogP contribution >= 0.6 is 35.2 Å². The molecule has 0 unspecified atom stereocenters. The summed E-state index contributed by atoms with van der Waals surface area (Å²) in [5.74, 6) is 0. The molecule has 0 atom stereocenters. The fourth-order valence-electron chi connectivity index (χ4n) is 2.04. The minimum atomic E-state index is -4.54. The second-order valence-electron chi connectivity index (χ2n) is 5.02. The Morgan fingerprint density at radius 1 is 1.12 bits per heavy atom. The Hall–Kier alpha value is -2.23. The molecule has 0 bridgehead atoms. The van der Waals surface area contributed by atoms with E-state index in [1.165, 1.54) is 17.4 Å². The predicted molar refractivity (Wildman–Crippen MR) is 102 cm³/mol. The van der Waals surface area contributed by atoms with E-state index in [9.17, 15) is 13.2 Å². The van der Waals surface area contributed by atoms with Crippen molar-refractivity contribution in [3.05, 3.63) is 58.6 Å². The number of pyridine rings is 1. The van der Waals surface area contributed by atoms with Gasteiger partial charge in [-0.05, 0) is 42.5 Å². The number of halogens is 4. The van der Waals surface area contributed by atoms with Gasteiger partial charge in [0, 0.05) is 17.3 Å². The highest BCUT2D eigenvalue weighted by atomic mass is 35.5. The third-order valence-corrected chi connectivity index (χ3v) is 4.47. The molecule has 0 aliphatic carbocycles. The first kappa shape index (κ1) is 18.6. The van der Waals surface area contributed by atoms with E-state index in [1.807, 2.05) is 12.1 Å². The smallest absolute Gasteiger partial charge is 0.332 e. The van der Waals surface area contributed by atoms with Crippen LogP contribution in [0.4, 0.5) is 24.0 Å². The minimum Gasteiger partial charge on any atom is -0.332 e. The van der Waals surface area contributed by atoms with Crippen LogP contribution in [0.2, 0.25) is 5.02 Å². The largest absolute Gasteiger partial charge is 0.417 e. The van der Waals surface area contributed by atoms with Gasteiger partial charge in [0.05, 0.1) is 16.3 Å². The molecular formula is C16H10ClF3N4S2. The van der Waals surface area contributed by atoms with Crippen molar-refractivity contribution >= 4 is 51.1 Å². The highest BCUT2D eigenvalue weighted by Crippen LogP contribution is 2.36. The van der Waals surface area contributed by atoms with Gasteiger partial charge < -0.3 is 10.6 Å². The maximum absolute atomic E-state index is 12.9. The van der Waals surface area contributed by atoms with Crippen molar-refractivity contribution in [2.24, 2.45) is 0 Å². The van der Waals surface area contributed by atoms with Gasteiger partial charge >= 0.3 is 6.18 Å². The van der Waals surface area contributed by atoms with Crippen molar-refractivity contribution in [2.45, 2.75) is 6.18 Å². The Labute approximate surface area is 161 Å². The number of nitrogens with zero attached hydrogens (tertiary/aromatic N) is 2. The summed E-state index contributed by atoms with van der Waals surface area (Å²) in [6.07, 6.45) is -2.89. The number of anilines is 2. The molecule has 2 aromatic heterocycles. The van der Waals surface area contributed by atoms with E-state index in [1.54, 1.807) is 17.6 Å². The Kier molecular flexibility index (Phi) is 5.40. The Bertz CT molecular complexity index is 929. The number of rotatable bonds is 3. The molecule has 2 heterocycles. The first-order valence-electron chi connectivity index (χ1n) is 7.14. The normalized spacial score (nSPS) is 11.2. The maximum atomic E-state index is 12.9. The summed E-state index contributed by atoms with van der Waals surface area (Å²) >= 11 is 12.0. The summed E-state index contributed by atoms with van der Waals surface area (Å²) in [7, 11) is 0. The number of nitrogens with one attached hydrogen (secondary N) is 2. The first-order chi connectivity index (χ1) is 12.3. The van der Waals surface area contributed by atoms with Gasteiger partial charge in [-0.15, -0.1) is 11.3 Å². The zero-order valence-corrected chi connectivity index (χ0v) is 15.2. The predicted octanol–water partition coefficient (Wildman–Crippen LogP) is 5.69. The van der Waals surface area contributed by atoms with Crippen molar-refractivity contribution in [3.63, 3.8) is 0 Å². The van der Waals surface area contributed by atoms with Gasteiger partial charge in [0.2, 0.25) is 0 Å². The molecule has 0 spiro atoms. The van der Waals surface area contributed by atoms with Crippen LogP contribution in [0.3, 0.4) is 0 Å². The molecule has 10 heteroatoms. The lowest BCUT2D eigenvalue weighted by Gasteiger charge is -2.13. The van der Waals surface area contributed by atoms with Gasteiger partial charge in [0.1, 0.15) is 5.69 Å². The molecule has 3 rings (SSSR count). The van der Waals surface area contributed by atoms with Crippen LogP contribution in [0, 0.1) is 0 Å². The van der Waals surface area contributed by atoms with E-state index in [2.05, 4.69) is 20.6 Å². The number of benzene rings is 1. The minimum absolute atomic E-state index is 0.113. The monoisotopic (exact) mass is 414 g/mol. The Morgan fingerprint density at radius 3 is 2.62 bits per heavy atom. The van der Waals surface area contributed by atoms with Crippen molar-refractivity contribution in [3.8, 4) is 11.4 Å². The zero-order valence-electron chi connectivity index (χ0n) is 12.8. The lowest BCUT2D eigenvalue weighted by atomic mass is 10.2. The van der Waals surface area contributed by atoms with Crippen LogP contribution in [-0.4, -0.2) is 15.1 Å². The summed E-state index contributed by atoms with van der Waals surface area (Å²) in [5, 5.41) is 7.57. The summed E-state index contributed by atoms with van der Waals surface area (Å²) in [5.41, 5.74) is 0.620. The van der Waals surface area contributed by atoms with E-state index in [4.69, 9.17) is 23.8 Å². The molecule has 0 fully saturated rings. The quantitative estimate of drug-likeness (QED) is 0.539. The number of hydrogen-bond donors (Lipinski definition) is 2. The van der Waals surface area contributed by atoms with Gasteiger partial charge in [-0.1, -0.05) is 17.7 Å². The van der Waals surface area contributed by atoms with Gasteiger partial charge in [0.25, 0.3) is 0 Å². The summed E-state index contributed by atoms with van der Waals surface area (Å²) < 4.78 is 38.7. The summed E-state index contributed by atoms with van der Waals surface area (Å²) in [6, 6.07) is 8.94. The second kappa shape index (κ2) is 7.56. The zero-order chi connectivity index (χ0) is 18.7. The van der Waals surface area contributed by atoms with Gasteiger partial charge in [0.15, 0.2) is 10.2 Å². The fourth-order valence-corrected chi connectivity index (χ4v) is 3.26. The van der Waals surface area contributed by atoms with Crippen LogP contribution in [-0.2, 0) is 6.18 Å². The molecule has 0 saturated carbocycles. The Morgan fingerprint density at radius 2 is 1.92 bits per heavy atom. The molecular weight excluding hydrogens is 405 g/mol. The number of alkyl halides is 3. The molecule has 0 radical (unpaired) electrons. The van der Waals surface area contributed by atoms with Crippen molar-refractivity contribution in [1.29, 1.82) is 0 Å². The SMILES string of the molecule is FC(F)(F)c1cc(NC(=S)Nc2nc(-c3ccccn3)cs2)ccc1Cl. The third kappa shape index (κ3) is 4.48. The van der Waals surface area contributed by atoms with Crippen LogP contribution in [0.25, 0.3) is 11.4 Å². The fraction of sp³-hybridized carbons (Fsp3) is 0.0625. The maximum Gasteiger partial charge on any atom is 0.417 e. The second-order valence-corrected chi connectivity index (χ2v) is 6.70. The molecule has 26 heavy (non-hydrogen) atoms. The Balaban J connectivity index is 1.69. The van der Waals surface area contributed by atoms with E-state index in [-0.39, 0.29) is 15.8 Å². The molecule has 0 aliphatic heterocycles. The van der Waals surface area contributed by atoms with E-state index in [0.29, 0.717) is 16.5 Å². The molecule has 134 valence electrons. The standard InChI is InChI=1S/C16H10ClF3N4S2/c17-11-5-4-9(7-10(11)16(18,19)20)22-14(25)24-15-23-13(8-26-15)12-3-1-2-6-21-12/h1-8H,(H2,22,23,24,25). The lowest BCUT2D eigenvalue weighted by Crippen LogP contribution is -2.19. The average Bonchev–Trinajstić information content (AvgIpc) is 3.05. The average molecular weight is 415 g/mol. The number of aromatic nitrogens is 2. The van der Waals surface area contributed by atoms with Crippen LogP contribution in [0.5, 0.6) is 0 Å². The summed E-state index contributed by atoms with van der Waals surface area (Å²) in [6.45, 7) is 0. The van der Waals surface area contributed by atoms with Crippen LogP contribution in [0.1, 0.15) is 5.56 Å². The van der Waals surface area contributed by atoms with Crippen molar-refractivity contribution < 1.29 is 13.2 Å². The van der Waals surface area contributed by atoms with E-state index in [0.717, 1.165) is 12.1 Å². The third-order valence-electron chi connectivity index (χ3n) is 3.18. The molecule has 0 saturated heterocycles.